The zero-order chi connectivity index (χ0) is 18.9. The summed E-state index contributed by atoms with van der Waals surface area (Å²) in [5, 5.41) is 0. The molecular weight excluding hydrogens is 342 g/mol. The van der Waals surface area contributed by atoms with Crippen LogP contribution in [0.4, 0.5) is 0 Å². The smallest absolute Gasteiger partial charge is 0.313 e. The van der Waals surface area contributed by atoms with E-state index in [1.807, 2.05) is 12.1 Å². The predicted octanol–water partition coefficient (Wildman–Crippen LogP) is 2.84. The summed E-state index contributed by atoms with van der Waals surface area (Å²) in [4.78, 5) is 14.8. The van der Waals surface area contributed by atoms with E-state index in [1.165, 1.54) is 5.57 Å². The average molecular weight is 371 g/mol. The Labute approximate surface area is 161 Å². The zero-order valence-corrected chi connectivity index (χ0v) is 16.1. The van der Waals surface area contributed by atoms with Crippen LogP contribution in [0.5, 0.6) is 5.75 Å². The summed E-state index contributed by atoms with van der Waals surface area (Å²) >= 11 is 0. The van der Waals surface area contributed by atoms with E-state index in [-0.39, 0.29) is 18.0 Å². The number of esters is 1. The Hall–Kier alpha value is -1.85. The lowest BCUT2D eigenvalue weighted by atomic mass is 9.75. The van der Waals surface area contributed by atoms with E-state index in [4.69, 9.17) is 14.2 Å². The molecule has 5 nitrogen and oxygen atoms in total. The van der Waals surface area contributed by atoms with E-state index < -0.39 is 5.41 Å². The van der Waals surface area contributed by atoms with Gasteiger partial charge in [0.05, 0.1) is 25.2 Å². The van der Waals surface area contributed by atoms with E-state index in [0.717, 1.165) is 63.4 Å². The summed E-state index contributed by atoms with van der Waals surface area (Å²) < 4.78 is 16.8. The van der Waals surface area contributed by atoms with Gasteiger partial charge in [0.15, 0.2) is 0 Å². The molecule has 1 aliphatic carbocycles. The van der Waals surface area contributed by atoms with Crippen molar-refractivity contribution in [1.82, 2.24) is 4.90 Å². The van der Waals surface area contributed by atoms with Gasteiger partial charge >= 0.3 is 5.97 Å². The lowest BCUT2D eigenvalue weighted by Gasteiger charge is -2.29. The van der Waals surface area contributed by atoms with Crippen LogP contribution in [-0.2, 0) is 20.7 Å². The summed E-state index contributed by atoms with van der Waals surface area (Å²) in [5.74, 6) is 1.10. The van der Waals surface area contributed by atoms with Crippen molar-refractivity contribution in [2.24, 2.45) is 11.3 Å². The second-order valence-corrected chi connectivity index (χ2v) is 8.24. The number of hydrogen-bond donors (Lipinski definition) is 0. The quantitative estimate of drug-likeness (QED) is 0.568. The van der Waals surface area contributed by atoms with Crippen molar-refractivity contribution in [1.29, 1.82) is 0 Å². The lowest BCUT2D eigenvalue weighted by Crippen LogP contribution is -2.41. The number of rotatable bonds is 6. The standard InChI is InChI=1S/C22H29NO4/c1-16-11-19-15-26-21(24)22(19,12-16)13-18-3-5-20(6-4-18)27-17(2)14-23-7-9-25-10-8-23/h3-6,17,19H,1,7-15H2,2H3. The molecule has 0 N–H and O–H groups in total. The van der Waals surface area contributed by atoms with Crippen LogP contribution in [0.25, 0.3) is 0 Å². The predicted molar refractivity (Wildman–Crippen MR) is 103 cm³/mol. The fourth-order valence-corrected chi connectivity index (χ4v) is 4.73. The maximum absolute atomic E-state index is 12.4. The molecule has 3 fully saturated rings. The molecule has 27 heavy (non-hydrogen) atoms. The first-order chi connectivity index (χ1) is 13.0. The Kier molecular flexibility index (Phi) is 5.24. The van der Waals surface area contributed by atoms with Gasteiger partial charge < -0.3 is 14.2 Å². The summed E-state index contributed by atoms with van der Waals surface area (Å²) in [5.41, 5.74) is 1.93. The molecule has 1 aromatic rings. The first-order valence-corrected chi connectivity index (χ1v) is 9.95. The van der Waals surface area contributed by atoms with E-state index in [9.17, 15) is 4.79 Å². The van der Waals surface area contributed by atoms with Crippen LogP contribution < -0.4 is 4.74 Å². The molecule has 2 aliphatic heterocycles. The maximum atomic E-state index is 12.4. The molecule has 3 atom stereocenters. The normalized spacial score (nSPS) is 29.4. The van der Waals surface area contributed by atoms with Crippen molar-refractivity contribution >= 4 is 5.97 Å². The number of benzene rings is 1. The van der Waals surface area contributed by atoms with Gasteiger partial charge in [-0.2, -0.15) is 0 Å². The largest absolute Gasteiger partial charge is 0.489 e. The first-order valence-electron chi connectivity index (χ1n) is 9.95. The molecule has 1 aromatic carbocycles. The molecule has 3 unspecified atom stereocenters. The number of carbonyl (C=O) groups is 1. The Balaban J connectivity index is 1.36. The van der Waals surface area contributed by atoms with Crippen LogP contribution in [0.15, 0.2) is 36.4 Å². The van der Waals surface area contributed by atoms with Gasteiger partial charge in [0.2, 0.25) is 0 Å². The van der Waals surface area contributed by atoms with Crippen LogP contribution in [0.3, 0.4) is 0 Å². The molecule has 146 valence electrons. The highest BCUT2D eigenvalue weighted by Gasteiger charge is 2.55. The van der Waals surface area contributed by atoms with E-state index in [2.05, 4.69) is 30.5 Å². The number of carbonyl (C=O) groups excluding carboxylic acids is 1. The highest BCUT2D eigenvalue weighted by atomic mass is 16.5. The lowest BCUT2D eigenvalue weighted by molar-refractivity contribution is -0.146. The number of hydrogen-bond acceptors (Lipinski definition) is 5. The molecule has 5 heteroatoms. The third kappa shape index (κ3) is 3.90. The summed E-state index contributed by atoms with van der Waals surface area (Å²) in [7, 11) is 0. The van der Waals surface area contributed by atoms with Gasteiger partial charge in [-0.05, 0) is 43.9 Å². The van der Waals surface area contributed by atoms with Crippen molar-refractivity contribution in [3.05, 3.63) is 42.0 Å². The first kappa shape index (κ1) is 18.5. The average Bonchev–Trinajstić information content (AvgIpc) is 3.12. The third-order valence-electron chi connectivity index (χ3n) is 6.10. The molecule has 1 saturated carbocycles. The number of ether oxygens (including phenoxy) is 3. The molecular formula is C22H29NO4. The Morgan fingerprint density at radius 2 is 2.04 bits per heavy atom. The van der Waals surface area contributed by atoms with Gasteiger partial charge in [0.25, 0.3) is 0 Å². The van der Waals surface area contributed by atoms with E-state index >= 15 is 0 Å². The number of nitrogens with zero attached hydrogens (tertiary/aromatic N) is 1. The molecule has 4 rings (SSSR count). The Morgan fingerprint density at radius 3 is 2.78 bits per heavy atom. The van der Waals surface area contributed by atoms with Crippen molar-refractivity contribution < 1.29 is 19.0 Å². The molecule has 3 aliphatic rings. The molecule has 0 amide bonds. The molecule has 2 heterocycles. The highest BCUT2D eigenvalue weighted by Crippen LogP contribution is 2.52. The van der Waals surface area contributed by atoms with Crippen molar-refractivity contribution in [2.75, 3.05) is 39.5 Å². The minimum absolute atomic E-state index is 0.0504. The van der Waals surface area contributed by atoms with Gasteiger partial charge in [0.1, 0.15) is 11.9 Å². The summed E-state index contributed by atoms with van der Waals surface area (Å²) in [6.45, 7) is 11.2. The fourth-order valence-electron chi connectivity index (χ4n) is 4.73. The second-order valence-electron chi connectivity index (χ2n) is 8.24. The van der Waals surface area contributed by atoms with Gasteiger partial charge in [-0.15, -0.1) is 0 Å². The summed E-state index contributed by atoms with van der Waals surface area (Å²) in [6.07, 6.45) is 2.51. The zero-order valence-electron chi connectivity index (χ0n) is 16.1. The van der Waals surface area contributed by atoms with Crippen molar-refractivity contribution in [2.45, 2.75) is 32.3 Å². The van der Waals surface area contributed by atoms with E-state index in [0.29, 0.717) is 6.61 Å². The number of morpholine rings is 1. The van der Waals surface area contributed by atoms with Crippen LogP contribution in [-0.4, -0.2) is 56.4 Å². The van der Waals surface area contributed by atoms with E-state index in [1.54, 1.807) is 0 Å². The van der Waals surface area contributed by atoms with Gasteiger partial charge in [-0.25, -0.2) is 0 Å². The van der Waals surface area contributed by atoms with Crippen LogP contribution in [0, 0.1) is 11.3 Å². The van der Waals surface area contributed by atoms with Gasteiger partial charge in [-0.1, -0.05) is 24.3 Å². The fraction of sp³-hybridized carbons (Fsp3) is 0.591. The SMILES string of the molecule is C=C1CC2COC(=O)C2(Cc2ccc(OC(C)CN3CCOCC3)cc2)C1. The number of cyclic esters (lactones) is 1. The second kappa shape index (κ2) is 7.64. The minimum Gasteiger partial charge on any atom is -0.489 e. The monoisotopic (exact) mass is 371 g/mol. The Bertz CT molecular complexity index is 695. The molecule has 0 radical (unpaired) electrons. The van der Waals surface area contributed by atoms with Crippen LogP contribution >= 0.6 is 0 Å². The number of fused-ring (bicyclic) bond motifs is 1. The molecule has 2 saturated heterocycles. The van der Waals surface area contributed by atoms with Crippen molar-refractivity contribution in [3.63, 3.8) is 0 Å². The third-order valence-corrected chi connectivity index (χ3v) is 6.10. The topological polar surface area (TPSA) is 48.0 Å². The van der Waals surface area contributed by atoms with Gasteiger partial charge in [-0.3, -0.25) is 9.69 Å². The highest BCUT2D eigenvalue weighted by molar-refractivity contribution is 5.81. The Morgan fingerprint density at radius 1 is 1.30 bits per heavy atom. The maximum Gasteiger partial charge on any atom is 0.313 e. The molecule has 0 spiro atoms. The molecule has 0 aromatic heterocycles. The summed E-state index contributed by atoms with van der Waals surface area (Å²) in [6, 6.07) is 8.19. The van der Waals surface area contributed by atoms with Gasteiger partial charge in [0, 0.05) is 25.6 Å². The van der Waals surface area contributed by atoms with Crippen LogP contribution in [0.2, 0.25) is 0 Å². The number of allylic oxidation sites excluding steroid dienone is 1. The van der Waals surface area contributed by atoms with Crippen molar-refractivity contribution in [3.8, 4) is 5.75 Å². The van der Waals surface area contributed by atoms with Crippen LogP contribution in [0.1, 0.15) is 25.3 Å². The minimum atomic E-state index is -0.400. The molecule has 0 bridgehead atoms.